The van der Waals surface area contributed by atoms with Crippen LogP contribution in [0.2, 0.25) is 0 Å². The summed E-state index contributed by atoms with van der Waals surface area (Å²) in [6.45, 7) is 11.2. The van der Waals surface area contributed by atoms with E-state index >= 15 is 0 Å². The molecule has 0 saturated heterocycles. The van der Waals surface area contributed by atoms with Crippen LogP contribution in [0.3, 0.4) is 0 Å². The van der Waals surface area contributed by atoms with Crippen molar-refractivity contribution in [1.29, 1.82) is 0 Å². The molecule has 0 fully saturated rings. The average molecular weight is 381 g/mol. The van der Waals surface area contributed by atoms with Gasteiger partial charge in [0.1, 0.15) is 0 Å². The van der Waals surface area contributed by atoms with Gasteiger partial charge in [-0.05, 0) is 22.5 Å². The highest BCUT2D eigenvalue weighted by atomic mass is 14.8. The van der Waals surface area contributed by atoms with Gasteiger partial charge in [0.25, 0.3) is 0 Å². The Morgan fingerprint density at radius 3 is 1.55 bits per heavy atom. The summed E-state index contributed by atoms with van der Waals surface area (Å²) in [5.41, 5.74) is 8.58. The van der Waals surface area contributed by atoms with Crippen LogP contribution < -0.4 is 0 Å². The zero-order chi connectivity index (χ0) is 20.6. The summed E-state index contributed by atoms with van der Waals surface area (Å²) in [5.74, 6) is 0.381. The Hall–Kier alpha value is -3.00. The fourth-order valence-electron chi connectivity index (χ4n) is 3.82. The molecule has 0 unspecified atom stereocenters. The summed E-state index contributed by atoms with van der Waals surface area (Å²) in [7, 11) is 0. The van der Waals surface area contributed by atoms with Gasteiger partial charge in [0, 0.05) is 11.1 Å². The molecule has 29 heavy (non-hydrogen) atoms. The van der Waals surface area contributed by atoms with Gasteiger partial charge >= 0.3 is 0 Å². The van der Waals surface area contributed by atoms with E-state index in [9.17, 15) is 0 Å². The molecular formula is C27H28N2. The predicted molar refractivity (Wildman–Crippen MR) is 123 cm³/mol. The molecule has 0 spiro atoms. The van der Waals surface area contributed by atoms with E-state index in [1.807, 2.05) is 12.1 Å². The highest BCUT2D eigenvalue weighted by Crippen LogP contribution is 2.37. The van der Waals surface area contributed by atoms with Crippen LogP contribution in [0.4, 0.5) is 0 Å². The molecule has 1 heterocycles. The summed E-state index contributed by atoms with van der Waals surface area (Å²) < 4.78 is 0. The Balaban J connectivity index is 2.14. The molecule has 0 amide bonds. The summed E-state index contributed by atoms with van der Waals surface area (Å²) in [6, 6.07) is 25.3. The molecule has 0 aliphatic heterocycles. The standard InChI is InChI=1S/C27H28N2/c1-18(2)21-16-17-22(27(3,4)5)26-25(21)28-23(19-12-8-6-9-13-19)24(29-26)20-14-10-7-11-15-20/h6-18H,1-5H3. The van der Waals surface area contributed by atoms with Gasteiger partial charge in [-0.3, -0.25) is 0 Å². The van der Waals surface area contributed by atoms with Crippen molar-refractivity contribution in [1.82, 2.24) is 9.97 Å². The van der Waals surface area contributed by atoms with Crippen molar-refractivity contribution >= 4 is 11.0 Å². The molecule has 146 valence electrons. The average Bonchev–Trinajstić information content (AvgIpc) is 2.72. The van der Waals surface area contributed by atoms with E-state index in [2.05, 4.69) is 95.3 Å². The normalized spacial score (nSPS) is 11.9. The van der Waals surface area contributed by atoms with Crippen molar-refractivity contribution in [2.24, 2.45) is 0 Å². The van der Waals surface area contributed by atoms with Crippen LogP contribution in [0.15, 0.2) is 72.8 Å². The number of hydrogen-bond acceptors (Lipinski definition) is 2. The van der Waals surface area contributed by atoms with Crippen LogP contribution in [0.5, 0.6) is 0 Å². The van der Waals surface area contributed by atoms with Crippen LogP contribution >= 0.6 is 0 Å². The molecule has 4 aromatic rings. The third-order valence-corrected chi connectivity index (χ3v) is 5.38. The molecule has 0 saturated carbocycles. The van der Waals surface area contributed by atoms with Crippen molar-refractivity contribution < 1.29 is 0 Å². The Labute approximate surface area is 173 Å². The van der Waals surface area contributed by atoms with Crippen LogP contribution in [-0.2, 0) is 5.41 Å². The molecule has 0 bridgehead atoms. The zero-order valence-electron chi connectivity index (χ0n) is 17.9. The first kappa shape index (κ1) is 19.3. The maximum atomic E-state index is 5.27. The maximum absolute atomic E-state index is 5.27. The number of fused-ring (bicyclic) bond motifs is 1. The SMILES string of the molecule is CC(C)c1ccc(C(C)(C)C)c2nc(-c3ccccc3)c(-c3ccccc3)nc12. The molecule has 0 aliphatic rings. The number of nitrogens with zero attached hydrogens (tertiary/aromatic N) is 2. The highest BCUT2D eigenvalue weighted by molar-refractivity contribution is 5.90. The van der Waals surface area contributed by atoms with Crippen LogP contribution in [0.1, 0.15) is 51.7 Å². The first-order valence-corrected chi connectivity index (χ1v) is 10.3. The quantitative estimate of drug-likeness (QED) is 0.370. The number of benzene rings is 3. The van der Waals surface area contributed by atoms with Crippen molar-refractivity contribution in [3.8, 4) is 22.5 Å². The summed E-state index contributed by atoms with van der Waals surface area (Å²) in [4.78, 5) is 10.5. The second kappa shape index (κ2) is 7.44. The topological polar surface area (TPSA) is 25.8 Å². The lowest BCUT2D eigenvalue weighted by Gasteiger charge is -2.23. The predicted octanol–water partition coefficient (Wildman–Crippen LogP) is 7.38. The van der Waals surface area contributed by atoms with Crippen LogP contribution in [0, 0.1) is 0 Å². The van der Waals surface area contributed by atoms with Gasteiger partial charge in [-0.1, -0.05) is 107 Å². The minimum absolute atomic E-state index is 0.00926. The molecule has 2 heteroatoms. The molecule has 0 N–H and O–H groups in total. The summed E-state index contributed by atoms with van der Waals surface area (Å²) in [6.07, 6.45) is 0. The van der Waals surface area contributed by atoms with Gasteiger partial charge in [0.15, 0.2) is 0 Å². The highest BCUT2D eigenvalue weighted by Gasteiger charge is 2.23. The van der Waals surface area contributed by atoms with Gasteiger partial charge < -0.3 is 0 Å². The lowest BCUT2D eigenvalue weighted by molar-refractivity contribution is 0.594. The first-order chi connectivity index (χ1) is 13.9. The number of hydrogen-bond donors (Lipinski definition) is 0. The molecule has 3 aromatic carbocycles. The Morgan fingerprint density at radius 1 is 0.621 bits per heavy atom. The fourth-order valence-corrected chi connectivity index (χ4v) is 3.82. The van der Waals surface area contributed by atoms with Crippen molar-refractivity contribution in [2.75, 3.05) is 0 Å². The minimum atomic E-state index is -0.00926. The lowest BCUT2D eigenvalue weighted by atomic mass is 9.84. The fraction of sp³-hybridized carbons (Fsp3) is 0.259. The maximum Gasteiger partial charge on any atom is 0.0973 e. The molecule has 4 rings (SSSR count). The largest absolute Gasteiger partial charge is 0.244 e. The van der Waals surface area contributed by atoms with E-state index in [1.165, 1.54) is 11.1 Å². The van der Waals surface area contributed by atoms with E-state index in [-0.39, 0.29) is 5.41 Å². The van der Waals surface area contributed by atoms with E-state index in [0.717, 1.165) is 33.5 Å². The molecule has 1 aromatic heterocycles. The van der Waals surface area contributed by atoms with Gasteiger partial charge in [-0.2, -0.15) is 0 Å². The van der Waals surface area contributed by atoms with E-state index in [4.69, 9.17) is 9.97 Å². The summed E-state index contributed by atoms with van der Waals surface area (Å²) >= 11 is 0. The molecule has 0 atom stereocenters. The molecule has 0 radical (unpaired) electrons. The van der Waals surface area contributed by atoms with Crippen molar-refractivity contribution in [3.63, 3.8) is 0 Å². The first-order valence-electron chi connectivity index (χ1n) is 10.3. The second-order valence-electron chi connectivity index (χ2n) is 8.96. The number of aromatic nitrogens is 2. The Morgan fingerprint density at radius 2 is 1.10 bits per heavy atom. The van der Waals surface area contributed by atoms with Gasteiger partial charge in [0.2, 0.25) is 0 Å². The zero-order valence-corrected chi connectivity index (χ0v) is 17.9. The Bertz CT molecular complexity index is 1140. The van der Waals surface area contributed by atoms with Crippen LogP contribution in [-0.4, -0.2) is 9.97 Å². The third kappa shape index (κ3) is 3.67. The third-order valence-electron chi connectivity index (χ3n) is 5.38. The van der Waals surface area contributed by atoms with E-state index in [0.29, 0.717) is 5.92 Å². The molecule has 0 aliphatic carbocycles. The van der Waals surface area contributed by atoms with Gasteiger partial charge in [-0.15, -0.1) is 0 Å². The summed E-state index contributed by atoms with van der Waals surface area (Å²) in [5, 5.41) is 0. The van der Waals surface area contributed by atoms with Gasteiger partial charge in [0.05, 0.1) is 22.4 Å². The Kier molecular flexibility index (Phi) is 4.96. The number of rotatable bonds is 3. The van der Waals surface area contributed by atoms with E-state index < -0.39 is 0 Å². The molecular weight excluding hydrogens is 352 g/mol. The van der Waals surface area contributed by atoms with Crippen molar-refractivity contribution in [2.45, 2.75) is 46.0 Å². The van der Waals surface area contributed by atoms with Crippen molar-refractivity contribution in [3.05, 3.63) is 83.9 Å². The molecule has 2 nitrogen and oxygen atoms in total. The van der Waals surface area contributed by atoms with E-state index in [1.54, 1.807) is 0 Å². The smallest absolute Gasteiger partial charge is 0.0973 e. The minimum Gasteiger partial charge on any atom is -0.244 e. The van der Waals surface area contributed by atoms with Crippen LogP contribution in [0.25, 0.3) is 33.5 Å². The van der Waals surface area contributed by atoms with Gasteiger partial charge in [-0.25, -0.2) is 9.97 Å². The second-order valence-corrected chi connectivity index (χ2v) is 8.96. The lowest BCUT2D eigenvalue weighted by Crippen LogP contribution is -2.14. The monoisotopic (exact) mass is 380 g/mol.